The van der Waals surface area contributed by atoms with Crippen molar-refractivity contribution in [2.24, 2.45) is 5.16 Å². The molecule has 0 saturated heterocycles. The van der Waals surface area contributed by atoms with Crippen LogP contribution in [0.2, 0.25) is 10.0 Å². The molecule has 138 valence electrons. The van der Waals surface area contributed by atoms with Gasteiger partial charge in [0.25, 0.3) is 5.91 Å². The van der Waals surface area contributed by atoms with Gasteiger partial charge >= 0.3 is 0 Å². The van der Waals surface area contributed by atoms with Crippen LogP contribution in [0.3, 0.4) is 0 Å². The number of nitrogens with zero attached hydrogens (tertiary/aromatic N) is 3. The number of hydrogen-bond donors (Lipinski definition) is 2. The highest BCUT2D eigenvalue weighted by atomic mass is 35.5. The summed E-state index contributed by atoms with van der Waals surface area (Å²) in [6, 6.07) is 12.1. The molecular weight excluding hydrogens is 387 g/mol. The van der Waals surface area contributed by atoms with E-state index in [1.54, 1.807) is 50.2 Å². The highest BCUT2D eigenvalue weighted by molar-refractivity contribution is 6.32. The number of aryl methyl sites for hydroxylation is 2. The number of benzene rings is 2. The number of carbonyl (C=O) groups excluding carboxylic acids is 1. The van der Waals surface area contributed by atoms with E-state index in [0.29, 0.717) is 38.4 Å². The molecule has 0 spiro atoms. The molecule has 0 aliphatic rings. The third-order valence-electron chi connectivity index (χ3n) is 3.91. The van der Waals surface area contributed by atoms with Crippen molar-refractivity contribution >= 4 is 41.0 Å². The van der Waals surface area contributed by atoms with Crippen LogP contribution >= 0.6 is 23.2 Å². The first kappa shape index (κ1) is 18.9. The molecule has 3 aromatic rings. The first-order valence-corrected chi connectivity index (χ1v) is 8.77. The van der Waals surface area contributed by atoms with Gasteiger partial charge in [-0.25, -0.2) is 4.68 Å². The van der Waals surface area contributed by atoms with Crippen LogP contribution < -0.4 is 5.32 Å². The van der Waals surface area contributed by atoms with Gasteiger partial charge in [0, 0.05) is 10.6 Å². The molecule has 0 fully saturated rings. The van der Waals surface area contributed by atoms with Gasteiger partial charge in [-0.15, -0.1) is 0 Å². The van der Waals surface area contributed by atoms with E-state index < -0.39 is 0 Å². The highest BCUT2D eigenvalue weighted by Crippen LogP contribution is 2.26. The average molecular weight is 403 g/mol. The molecule has 0 aliphatic heterocycles. The molecule has 0 unspecified atom stereocenters. The van der Waals surface area contributed by atoms with E-state index in [-0.39, 0.29) is 5.91 Å². The van der Waals surface area contributed by atoms with Gasteiger partial charge in [-0.3, -0.25) is 4.79 Å². The molecule has 2 N–H and O–H groups in total. The van der Waals surface area contributed by atoms with Gasteiger partial charge in [0.1, 0.15) is 5.69 Å². The summed E-state index contributed by atoms with van der Waals surface area (Å²) in [7, 11) is 0. The molecule has 1 aromatic heterocycles. The molecular formula is C19H16Cl2N4O2. The normalized spacial score (nSPS) is 11.1. The van der Waals surface area contributed by atoms with Crippen molar-refractivity contribution in [2.75, 3.05) is 5.32 Å². The topological polar surface area (TPSA) is 79.5 Å². The number of oxime groups is 1. The summed E-state index contributed by atoms with van der Waals surface area (Å²) in [5.74, 6) is -0.381. The lowest BCUT2D eigenvalue weighted by Gasteiger charge is -2.13. The van der Waals surface area contributed by atoms with Crippen molar-refractivity contribution < 1.29 is 10.0 Å². The number of aromatic nitrogens is 2. The number of amides is 1. The molecule has 0 aliphatic carbocycles. The monoisotopic (exact) mass is 402 g/mol. The minimum atomic E-state index is -0.381. The Hall–Kier alpha value is -2.83. The quantitative estimate of drug-likeness (QED) is 0.371. The van der Waals surface area contributed by atoms with Crippen LogP contribution in [0.5, 0.6) is 0 Å². The Morgan fingerprint density at radius 1 is 1.22 bits per heavy atom. The van der Waals surface area contributed by atoms with Crippen molar-refractivity contribution in [3.63, 3.8) is 0 Å². The number of nitrogens with one attached hydrogen (secondary N) is 1. The zero-order valence-electron chi connectivity index (χ0n) is 14.6. The number of halogens is 2. The zero-order valence-corrected chi connectivity index (χ0v) is 16.1. The van der Waals surface area contributed by atoms with E-state index >= 15 is 0 Å². The molecule has 8 heteroatoms. The number of rotatable bonds is 4. The van der Waals surface area contributed by atoms with Crippen LogP contribution in [-0.4, -0.2) is 27.1 Å². The second-order valence-corrected chi connectivity index (χ2v) is 6.76. The first-order chi connectivity index (χ1) is 12.9. The molecule has 1 amide bonds. The van der Waals surface area contributed by atoms with Crippen LogP contribution in [0.1, 0.15) is 27.3 Å². The van der Waals surface area contributed by atoms with Gasteiger partial charge in [0.15, 0.2) is 0 Å². The van der Waals surface area contributed by atoms with E-state index in [1.165, 1.54) is 10.9 Å². The summed E-state index contributed by atoms with van der Waals surface area (Å²) in [6.07, 6.45) is 1.21. The van der Waals surface area contributed by atoms with Gasteiger partial charge in [-0.2, -0.15) is 5.10 Å². The molecule has 0 radical (unpaired) electrons. The summed E-state index contributed by atoms with van der Waals surface area (Å²) in [4.78, 5) is 13.0. The van der Waals surface area contributed by atoms with Crippen LogP contribution in [-0.2, 0) is 0 Å². The predicted molar refractivity (Wildman–Crippen MR) is 107 cm³/mol. The summed E-state index contributed by atoms with van der Waals surface area (Å²) < 4.78 is 1.50. The minimum absolute atomic E-state index is 0.321. The minimum Gasteiger partial charge on any atom is -0.411 e. The number of para-hydroxylation sites is 1. The SMILES string of the molecule is Cc1cc(C(=O)Nc2c(C)cc(Cl)cc2/C=N/O)n(-c2ccccc2Cl)n1. The smallest absolute Gasteiger partial charge is 0.274 e. The molecule has 2 aromatic carbocycles. The molecule has 6 nitrogen and oxygen atoms in total. The van der Waals surface area contributed by atoms with Crippen molar-refractivity contribution in [3.05, 3.63) is 75.0 Å². The lowest BCUT2D eigenvalue weighted by Crippen LogP contribution is -2.18. The fourth-order valence-electron chi connectivity index (χ4n) is 2.75. The Kier molecular flexibility index (Phi) is 5.48. The van der Waals surface area contributed by atoms with E-state index in [0.717, 1.165) is 5.56 Å². The van der Waals surface area contributed by atoms with Crippen LogP contribution in [0.25, 0.3) is 5.69 Å². The maximum Gasteiger partial charge on any atom is 0.274 e. The third kappa shape index (κ3) is 3.97. The van der Waals surface area contributed by atoms with Gasteiger partial charge in [-0.05, 0) is 49.7 Å². The summed E-state index contributed by atoms with van der Waals surface area (Å²) >= 11 is 12.3. The van der Waals surface area contributed by atoms with Gasteiger partial charge in [0.05, 0.1) is 28.3 Å². The second-order valence-electron chi connectivity index (χ2n) is 5.92. The van der Waals surface area contributed by atoms with E-state index in [4.69, 9.17) is 28.4 Å². The lowest BCUT2D eigenvalue weighted by atomic mass is 10.1. The average Bonchev–Trinajstić information content (AvgIpc) is 3.00. The van der Waals surface area contributed by atoms with Gasteiger partial charge < -0.3 is 10.5 Å². The van der Waals surface area contributed by atoms with Crippen LogP contribution in [0.4, 0.5) is 5.69 Å². The Balaban J connectivity index is 2.03. The zero-order chi connectivity index (χ0) is 19.6. The lowest BCUT2D eigenvalue weighted by molar-refractivity contribution is 0.101. The van der Waals surface area contributed by atoms with E-state index in [2.05, 4.69) is 15.6 Å². The first-order valence-electron chi connectivity index (χ1n) is 8.01. The van der Waals surface area contributed by atoms with Gasteiger partial charge in [0.2, 0.25) is 0 Å². The van der Waals surface area contributed by atoms with Crippen molar-refractivity contribution in [2.45, 2.75) is 13.8 Å². The van der Waals surface area contributed by atoms with Crippen molar-refractivity contribution in [3.8, 4) is 5.69 Å². The summed E-state index contributed by atoms with van der Waals surface area (Å²) in [5.41, 5.74) is 3.30. The van der Waals surface area contributed by atoms with Gasteiger partial charge in [-0.1, -0.05) is 40.5 Å². The highest BCUT2D eigenvalue weighted by Gasteiger charge is 2.19. The fourth-order valence-corrected chi connectivity index (χ4v) is 3.25. The second kappa shape index (κ2) is 7.82. The predicted octanol–water partition coefficient (Wildman–Crippen LogP) is 4.86. The maximum absolute atomic E-state index is 13.0. The van der Waals surface area contributed by atoms with Crippen LogP contribution in [0.15, 0.2) is 47.6 Å². The van der Waals surface area contributed by atoms with Crippen LogP contribution in [0, 0.1) is 13.8 Å². The Morgan fingerprint density at radius 3 is 2.67 bits per heavy atom. The van der Waals surface area contributed by atoms with Crippen molar-refractivity contribution in [1.29, 1.82) is 0 Å². The number of anilines is 1. The molecule has 3 rings (SSSR count). The Bertz CT molecular complexity index is 1040. The number of hydrogen-bond acceptors (Lipinski definition) is 4. The molecule has 0 atom stereocenters. The maximum atomic E-state index is 13.0. The molecule has 27 heavy (non-hydrogen) atoms. The van der Waals surface area contributed by atoms with E-state index in [1.807, 2.05) is 6.07 Å². The van der Waals surface area contributed by atoms with Crippen molar-refractivity contribution in [1.82, 2.24) is 9.78 Å². The Morgan fingerprint density at radius 2 is 1.96 bits per heavy atom. The fraction of sp³-hybridized carbons (Fsp3) is 0.105. The third-order valence-corrected chi connectivity index (χ3v) is 4.45. The van der Waals surface area contributed by atoms with E-state index in [9.17, 15) is 4.79 Å². The Labute approximate surface area is 166 Å². The largest absolute Gasteiger partial charge is 0.411 e. The summed E-state index contributed by atoms with van der Waals surface area (Å²) in [5, 5.41) is 20.1. The molecule has 1 heterocycles. The molecule has 0 saturated carbocycles. The standard InChI is InChI=1S/C19H16Cl2N4O2/c1-11-7-14(20)9-13(10-22-27)18(11)23-19(26)17-8-12(2)24-25(17)16-6-4-3-5-15(16)21/h3-10,27H,1-2H3,(H,23,26)/b22-10+. The number of carbonyl (C=O) groups is 1. The molecule has 0 bridgehead atoms. The summed E-state index contributed by atoms with van der Waals surface area (Å²) in [6.45, 7) is 3.59.